The Morgan fingerprint density at radius 3 is 2.46 bits per heavy atom. The largest absolute Gasteiger partial charge is 0.481 e. The SMILES string of the molecule is CCc1nc(C(=O)N[C@@H](CC(=O)O)c2ccccc2)nn1-c1ccccc1Cl. The summed E-state index contributed by atoms with van der Waals surface area (Å²) >= 11 is 6.24. The van der Waals surface area contributed by atoms with E-state index in [0.29, 0.717) is 28.5 Å². The molecule has 0 fully saturated rings. The maximum atomic E-state index is 12.7. The number of aryl methyl sites for hydroxylation is 1. The van der Waals surface area contributed by atoms with Crippen LogP contribution in [0.2, 0.25) is 5.02 Å². The molecule has 28 heavy (non-hydrogen) atoms. The average molecular weight is 399 g/mol. The Balaban J connectivity index is 1.89. The van der Waals surface area contributed by atoms with Gasteiger partial charge < -0.3 is 10.4 Å². The number of nitrogens with one attached hydrogen (secondary N) is 1. The van der Waals surface area contributed by atoms with E-state index < -0.39 is 17.9 Å². The fourth-order valence-corrected chi connectivity index (χ4v) is 3.04. The zero-order valence-corrected chi connectivity index (χ0v) is 15.9. The number of hydrogen-bond acceptors (Lipinski definition) is 4. The van der Waals surface area contributed by atoms with E-state index in [1.165, 1.54) is 4.68 Å². The molecule has 0 saturated heterocycles. The van der Waals surface area contributed by atoms with Gasteiger partial charge in [0.15, 0.2) is 0 Å². The van der Waals surface area contributed by atoms with Gasteiger partial charge in [-0.2, -0.15) is 0 Å². The Kier molecular flexibility index (Phi) is 6.06. The van der Waals surface area contributed by atoms with E-state index in [0.717, 1.165) is 0 Å². The minimum atomic E-state index is -1.02. The number of hydrogen-bond donors (Lipinski definition) is 2. The molecule has 1 amide bonds. The highest BCUT2D eigenvalue weighted by Crippen LogP contribution is 2.21. The van der Waals surface area contributed by atoms with Crippen molar-refractivity contribution >= 4 is 23.5 Å². The van der Waals surface area contributed by atoms with Gasteiger partial charge in [0.25, 0.3) is 5.91 Å². The topological polar surface area (TPSA) is 97.1 Å². The summed E-state index contributed by atoms with van der Waals surface area (Å²) in [4.78, 5) is 28.3. The zero-order valence-electron chi connectivity index (χ0n) is 15.2. The van der Waals surface area contributed by atoms with Gasteiger partial charge in [0.2, 0.25) is 5.82 Å². The number of aromatic nitrogens is 3. The zero-order chi connectivity index (χ0) is 20.1. The van der Waals surface area contributed by atoms with Crippen molar-refractivity contribution in [2.75, 3.05) is 0 Å². The van der Waals surface area contributed by atoms with Gasteiger partial charge in [-0.25, -0.2) is 9.67 Å². The van der Waals surface area contributed by atoms with Gasteiger partial charge in [-0.3, -0.25) is 9.59 Å². The molecule has 3 rings (SSSR count). The number of aliphatic carboxylic acids is 1. The van der Waals surface area contributed by atoms with Crippen LogP contribution in [-0.2, 0) is 11.2 Å². The van der Waals surface area contributed by atoms with Crippen LogP contribution in [0.3, 0.4) is 0 Å². The number of amides is 1. The van der Waals surface area contributed by atoms with Gasteiger partial charge in [0.05, 0.1) is 23.2 Å². The van der Waals surface area contributed by atoms with E-state index >= 15 is 0 Å². The molecule has 1 atom stereocenters. The third-order valence-corrected chi connectivity index (χ3v) is 4.48. The molecule has 1 heterocycles. The van der Waals surface area contributed by atoms with Gasteiger partial charge in [0, 0.05) is 6.42 Å². The summed E-state index contributed by atoms with van der Waals surface area (Å²) in [6.45, 7) is 1.90. The van der Waals surface area contributed by atoms with Crippen molar-refractivity contribution in [2.24, 2.45) is 0 Å². The Morgan fingerprint density at radius 2 is 1.82 bits per heavy atom. The Morgan fingerprint density at radius 1 is 1.14 bits per heavy atom. The lowest BCUT2D eigenvalue weighted by Gasteiger charge is -2.16. The van der Waals surface area contributed by atoms with Crippen LogP contribution in [0.5, 0.6) is 0 Å². The molecule has 0 spiro atoms. The molecule has 1 aromatic heterocycles. The first kappa shape index (κ1) is 19.6. The summed E-state index contributed by atoms with van der Waals surface area (Å²) < 4.78 is 1.53. The monoisotopic (exact) mass is 398 g/mol. The minimum Gasteiger partial charge on any atom is -0.481 e. The first-order valence-corrected chi connectivity index (χ1v) is 9.15. The number of rotatable bonds is 7. The highest BCUT2D eigenvalue weighted by atomic mass is 35.5. The summed E-state index contributed by atoms with van der Waals surface area (Å²) in [5.41, 5.74) is 1.32. The van der Waals surface area contributed by atoms with Gasteiger partial charge >= 0.3 is 5.97 Å². The standard InChI is InChI=1S/C20H19ClN4O3/c1-2-17-23-19(24-25(17)16-11-7-6-10-14(16)21)20(28)22-15(12-18(26)27)13-8-4-3-5-9-13/h3-11,15H,2,12H2,1H3,(H,22,28)(H,26,27)/t15-/m0/s1. The minimum absolute atomic E-state index is 0.0388. The van der Waals surface area contributed by atoms with Gasteiger partial charge in [-0.15, -0.1) is 5.10 Å². The van der Waals surface area contributed by atoms with Crippen molar-refractivity contribution < 1.29 is 14.7 Å². The van der Waals surface area contributed by atoms with Crippen LogP contribution in [-0.4, -0.2) is 31.7 Å². The molecule has 2 N–H and O–H groups in total. The summed E-state index contributed by atoms with van der Waals surface area (Å²) in [5, 5.41) is 16.7. The molecule has 7 nitrogen and oxygen atoms in total. The Labute approximate surface area is 167 Å². The van der Waals surface area contributed by atoms with Gasteiger partial charge in [-0.1, -0.05) is 61.0 Å². The lowest BCUT2D eigenvalue weighted by atomic mass is 10.0. The molecule has 0 aliphatic heterocycles. The maximum absolute atomic E-state index is 12.7. The first-order valence-electron chi connectivity index (χ1n) is 8.78. The van der Waals surface area contributed by atoms with Crippen molar-refractivity contribution in [3.63, 3.8) is 0 Å². The van der Waals surface area contributed by atoms with Crippen molar-refractivity contribution in [1.29, 1.82) is 0 Å². The maximum Gasteiger partial charge on any atom is 0.305 e. The smallest absolute Gasteiger partial charge is 0.305 e. The van der Waals surface area contributed by atoms with E-state index in [1.54, 1.807) is 42.5 Å². The molecule has 0 radical (unpaired) electrons. The molecular formula is C20H19ClN4O3. The molecule has 2 aromatic carbocycles. The fraction of sp³-hybridized carbons (Fsp3) is 0.200. The summed E-state index contributed by atoms with van der Waals surface area (Å²) in [7, 11) is 0. The van der Waals surface area contributed by atoms with Crippen molar-refractivity contribution in [3.8, 4) is 5.69 Å². The quantitative estimate of drug-likeness (QED) is 0.635. The van der Waals surface area contributed by atoms with E-state index in [-0.39, 0.29) is 12.2 Å². The van der Waals surface area contributed by atoms with Gasteiger partial charge in [0.1, 0.15) is 5.82 Å². The number of nitrogens with zero attached hydrogens (tertiary/aromatic N) is 3. The summed E-state index contributed by atoms with van der Waals surface area (Å²) in [5.74, 6) is -1.02. The molecule has 0 aliphatic rings. The highest BCUT2D eigenvalue weighted by Gasteiger charge is 2.23. The van der Waals surface area contributed by atoms with Crippen LogP contribution in [0, 0.1) is 0 Å². The summed E-state index contributed by atoms with van der Waals surface area (Å²) in [6, 6.07) is 15.4. The lowest BCUT2D eigenvalue weighted by Crippen LogP contribution is -2.31. The number of carboxylic acids is 1. The first-order chi connectivity index (χ1) is 13.5. The van der Waals surface area contributed by atoms with Crippen LogP contribution >= 0.6 is 11.6 Å². The molecular weight excluding hydrogens is 380 g/mol. The molecule has 3 aromatic rings. The van der Waals surface area contributed by atoms with Gasteiger partial charge in [-0.05, 0) is 17.7 Å². The van der Waals surface area contributed by atoms with E-state index in [1.807, 2.05) is 19.1 Å². The molecule has 0 bridgehead atoms. The molecule has 144 valence electrons. The van der Waals surface area contributed by atoms with E-state index in [4.69, 9.17) is 11.6 Å². The highest BCUT2D eigenvalue weighted by molar-refractivity contribution is 6.32. The van der Waals surface area contributed by atoms with Crippen LogP contribution in [0.15, 0.2) is 54.6 Å². The Bertz CT molecular complexity index is 988. The number of para-hydroxylation sites is 1. The van der Waals surface area contributed by atoms with E-state index in [9.17, 15) is 14.7 Å². The fourth-order valence-electron chi connectivity index (χ4n) is 2.82. The third kappa shape index (κ3) is 4.37. The number of carbonyl (C=O) groups excluding carboxylic acids is 1. The number of carbonyl (C=O) groups is 2. The lowest BCUT2D eigenvalue weighted by molar-refractivity contribution is -0.137. The third-order valence-electron chi connectivity index (χ3n) is 4.16. The molecule has 0 saturated carbocycles. The van der Waals surface area contributed by atoms with Crippen LogP contribution < -0.4 is 5.32 Å². The van der Waals surface area contributed by atoms with Crippen molar-refractivity contribution in [1.82, 2.24) is 20.1 Å². The average Bonchev–Trinajstić information content (AvgIpc) is 3.12. The van der Waals surface area contributed by atoms with Crippen molar-refractivity contribution in [2.45, 2.75) is 25.8 Å². The number of halogens is 1. The second-order valence-corrected chi connectivity index (χ2v) is 6.51. The van der Waals surface area contributed by atoms with Crippen LogP contribution in [0.1, 0.15) is 41.4 Å². The second kappa shape index (κ2) is 8.67. The number of benzene rings is 2. The molecule has 0 unspecified atom stereocenters. The molecule has 0 aliphatic carbocycles. The Hall–Kier alpha value is -3.19. The van der Waals surface area contributed by atoms with Crippen LogP contribution in [0.4, 0.5) is 0 Å². The number of carboxylic acid groups (broad SMARTS) is 1. The van der Waals surface area contributed by atoms with Crippen molar-refractivity contribution in [3.05, 3.63) is 76.8 Å². The predicted octanol–water partition coefficient (Wildman–Crippen LogP) is 3.43. The van der Waals surface area contributed by atoms with E-state index in [2.05, 4.69) is 15.4 Å². The summed E-state index contributed by atoms with van der Waals surface area (Å²) in [6.07, 6.45) is 0.296. The molecule has 8 heteroatoms. The normalized spacial score (nSPS) is 11.8. The second-order valence-electron chi connectivity index (χ2n) is 6.10. The van der Waals surface area contributed by atoms with Crippen LogP contribution in [0.25, 0.3) is 5.69 Å². The predicted molar refractivity (Wildman–Crippen MR) is 105 cm³/mol.